The van der Waals surface area contributed by atoms with Gasteiger partial charge in [-0.2, -0.15) is 0 Å². The van der Waals surface area contributed by atoms with E-state index in [1.54, 1.807) is 29.4 Å². The molecule has 1 aromatic carbocycles. The molecule has 0 radical (unpaired) electrons. The fourth-order valence-corrected chi connectivity index (χ4v) is 2.92. The summed E-state index contributed by atoms with van der Waals surface area (Å²) in [6, 6.07) is 5.89. The maximum absolute atomic E-state index is 13.7. The minimum atomic E-state index is -0.449. The zero-order valence-electron chi connectivity index (χ0n) is 13.1. The minimum Gasteiger partial charge on any atom is -0.377 e. The van der Waals surface area contributed by atoms with E-state index in [2.05, 4.69) is 26.2 Å². The van der Waals surface area contributed by atoms with Gasteiger partial charge in [-0.3, -0.25) is 9.78 Å². The maximum Gasteiger partial charge on any atom is 0.256 e. The van der Waals surface area contributed by atoms with Gasteiger partial charge in [0.2, 0.25) is 0 Å². The van der Waals surface area contributed by atoms with Gasteiger partial charge in [-0.05, 0) is 47.1 Å². The van der Waals surface area contributed by atoms with E-state index in [4.69, 9.17) is 4.74 Å². The van der Waals surface area contributed by atoms with Crippen molar-refractivity contribution >= 4 is 33.2 Å². The number of nitrogens with zero attached hydrogens (tertiary/aromatic N) is 2. The molecule has 3 rings (SSSR count). The van der Waals surface area contributed by atoms with E-state index in [1.165, 1.54) is 12.1 Å². The Morgan fingerprint density at radius 2 is 2.25 bits per heavy atom. The Bertz CT molecular complexity index is 756. The number of halogens is 2. The van der Waals surface area contributed by atoms with E-state index < -0.39 is 5.82 Å². The summed E-state index contributed by atoms with van der Waals surface area (Å²) in [6.07, 6.45) is 3.29. The smallest absolute Gasteiger partial charge is 0.256 e. The van der Waals surface area contributed by atoms with Gasteiger partial charge in [-0.1, -0.05) is 0 Å². The van der Waals surface area contributed by atoms with Crippen LogP contribution in [0.1, 0.15) is 17.3 Å². The normalized spacial score (nSPS) is 17.6. The Morgan fingerprint density at radius 1 is 1.42 bits per heavy atom. The number of nitrogens with one attached hydrogen (secondary N) is 1. The molecule has 1 aromatic heterocycles. The maximum atomic E-state index is 13.7. The summed E-state index contributed by atoms with van der Waals surface area (Å²) in [4.78, 5) is 18.7. The van der Waals surface area contributed by atoms with Gasteiger partial charge in [0.15, 0.2) is 0 Å². The van der Waals surface area contributed by atoms with E-state index in [1.807, 2.05) is 6.92 Å². The van der Waals surface area contributed by atoms with E-state index in [-0.39, 0.29) is 11.9 Å². The molecule has 1 aliphatic rings. The van der Waals surface area contributed by atoms with Crippen molar-refractivity contribution in [1.82, 2.24) is 9.88 Å². The van der Waals surface area contributed by atoms with Crippen LogP contribution < -0.4 is 5.32 Å². The molecule has 1 fully saturated rings. The number of rotatable bonds is 3. The third-order valence-electron chi connectivity index (χ3n) is 3.88. The van der Waals surface area contributed by atoms with E-state index in [9.17, 15) is 9.18 Å². The van der Waals surface area contributed by atoms with Crippen molar-refractivity contribution in [3.05, 3.63) is 52.5 Å². The number of hydrogen-bond acceptors (Lipinski definition) is 4. The number of carbonyl (C=O) groups is 1. The molecule has 1 amide bonds. The molecule has 5 nitrogen and oxygen atoms in total. The third kappa shape index (κ3) is 3.57. The minimum absolute atomic E-state index is 0.0486. The fourth-order valence-electron chi connectivity index (χ4n) is 2.60. The topological polar surface area (TPSA) is 54.5 Å². The SMILES string of the molecule is CC1COCCN1C(=O)c1cc(F)ccc1Nc1cnccc1Br. The highest BCUT2D eigenvalue weighted by Gasteiger charge is 2.27. The van der Waals surface area contributed by atoms with Crippen molar-refractivity contribution in [2.24, 2.45) is 0 Å². The highest BCUT2D eigenvalue weighted by molar-refractivity contribution is 9.10. The quantitative estimate of drug-likeness (QED) is 0.865. The second-order valence-electron chi connectivity index (χ2n) is 5.59. The van der Waals surface area contributed by atoms with E-state index in [0.29, 0.717) is 36.7 Å². The van der Waals surface area contributed by atoms with Crippen molar-refractivity contribution in [1.29, 1.82) is 0 Å². The summed E-state index contributed by atoms with van der Waals surface area (Å²) in [5.41, 5.74) is 1.53. The zero-order chi connectivity index (χ0) is 17.1. The van der Waals surface area contributed by atoms with Crippen LogP contribution in [0.3, 0.4) is 0 Å². The van der Waals surface area contributed by atoms with Gasteiger partial charge in [0, 0.05) is 17.2 Å². The summed E-state index contributed by atoms with van der Waals surface area (Å²) in [5.74, 6) is -0.664. The van der Waals surface area contributed by atoms with Gasteiger partial charge < -0.3 is 15.0 Å². The van der Waals surface area contributed by atoms with Crippen LogP contribution in [0, 0.1) is 5.82 Å². The highest BCUT2D eigenvalue weighted by Crippen LogP contribution is 2.28. The molecule has 7 heteroatoms. The number of aromatic nitrogens is 1. The summed E-state index contributed by atoms with van der Waals surface area (Å²) < 4.78 is 19.9. The molecule has 1 unspecified atom stereocenters. The van der Waals surface area contributed by atoms with Gasteiger partial charge in [0.1, 0.15) is 5.82 Å². The van der Waals surface area contributed by atoms with Crippen molar-refractivity contribution < 1.29 is 13.9 Å². The molecule has 1 atom stereocenters. The Balaban J connectivity index is 1.93. The van der Waals surface area contributed by atoms with Crippen molar-refractivity contribution in [3.8, 4) is 0 Å². The lowest BCUT2D eigenvalue weighted by Gasteiger charge is -2.33. The predicted molar refractivity (Wildman–Crippen MR) is 92.9 cm³/mol. The molecule has 2 heterocycles. The molecule has 2 aromatic rings. The lowest BCUT2D eigenvalue weighted by atomic mass is 10.1. The number of amides is 1. The van der Waals surface area contributed by atoms with E-state index >= 15 is 0 Å². The first-order chi connectivity index (χ1) is 11.6. The van der Waals surface area contributed by atoms with Crippen LogP contribution in [0.4, 0.5) is 15.8 Å². The number of morpholine rings is 1. The predicted octanol–water partition coefficient (Wildman–Crippen LogP) is 3.59. The van der Waals surface area contributed by atoms with Crippen molar-refractivity contribution in [2.75, 3.05) is 25.1 Å². The molecule has 1 saturated heterocycles. The Kier molecular flexibility index (Phi) is 5.11. The van der Waals surface area contributed by atoms with Crippen LogP contribution in [-0.4, -0.2) is 41.6 Å². The van der Waals surface area contributed by atoms with Crippen LogP contribution in [0.15, 0.2) is 41.1 Å². The number of ether oxygens (including phenoxy) is 1. The standard InChI is InChI=1S/C17H17BrFN3O2/c1-11-10-24-7-6-22(11)17(23)13-8-12(19)2-3-15(13)21-16-9-20-5-4-14(16)18/h2-5,8-9,11,21H,6-7,10H2,1H3. The molecule has 0 saturated carbocycles. The number of anilines is 2. The zero-order valence-corrected chi connectivity index (χ0v) is 14.7. The first kappa shape index (κ1) is 16.9. The van der Waals surface area contributed by atoms with Gasteiger partial charge in [-0.25, -0.2) is 4.39 Å². The summed E-state index contributed by atoms with van der Waals surface area (Å²) >= 11 is 3.43. The highest BCUT2D eigenvalue weighted by atomic mass is 79.9. The molecule has 0 aliphatic carbocycles. The number of carbonyl (C=O) groups excluding carboxylic acids is 1. The Labute approximate surface area is 148 Å². The largest absolute Gasteiger partial charge is 0.377 e. The summed E-state index contributed by atoms with van der Waals surface area (Å²) in [5, 5.41) is 3.15. The Hall–Kier alpha value is -1.99. The van der Waals surface area contributed by atoms with Crippen molar-refractivity contribution in [2.45, 2.75) is 13.0 Å². The molecule has 0 spiro atoms. The Morgan fingerprint density at radius 3 is 3.00 bits per heavy atom. The fraction of sp³-hybridized carbons (Fsp3) is 0.294. The molecule has 0 bridgehead atoms. The van der Waals surface area contributed by atoms with Crippen LogP contribution in [0.25, 0.3) is 0 Å². The third-order valence-corrected chi connectivity index (χ3v) is 4.57. The molecular weight excluding hydrogens is 377 g/mol. The molecule has 24 heavy (non-hydrogen) atoms. The molecule has 1 aliphatic heterocycles. The van der Waals surface area contributed by atoms with Crippen LogP contribution >= 0.6 is 15.9 Å². The van der Waals surface area contributed by atoms with Gasteiger partial charge in [0.25, 0.3) is 5.91 Å². The van der Waals surface area contributed by atoms with Crippen molar-refractivity contribution in [3.63, 3.8) is 0 Å². The second kappa shape index (κ2) is 7.27. The first-order valence-electron chi connectivity index (χ1n) is 7.61. The van der Waals surface area contributed by atoms with Gasteiger partial charge >= 0.3 is 0 Å². The summed E-state index contributed by atoms with van der Waals surface area (Å²) in [6.45, 7) is 3.38. The lowest BCUT2D eigenvalue weighted by molar-refractivity contribution is 0.00363. The molecule has 126 valence electrons. The van der Waals surface area contributed by atoms with Gasteiger partial charge in [-0.15, -0.1) is 0 Å². The number of hydrogen-bond donors (Lipinski definition) is 1. The average Bonchev–Trinajstić information content (AvgIpc) is 2.58. The van der Waals surface area contributed by atoms with Crippen LogP contribution in [0.5, 0.6) is 0 Å². The molecule has 1 N–H and O–H groups in total. The molecular formula is C17H17BrFN3O2. The average molecular weight is 394 g/mol. The van der Waals surface area contributed by atoms with Gasteiger partial charge in [0.05, 0.1) is 42.4 Å². The van der Waals surface area contributed by atoms with Crippen LogP contribution in [-0.2, 0) is 4.74 Å². The number of pyridine rings is 1. The monoisotopic (exact) mass is 393 g/mol. The first-order valence-corrected chi connectivity index (χ1v) is 8.40. The lowest BCUT2D eigenvalue weighted by Crippen LogP contribution is -2.47. The second-order valence-corrected chi connectivity index (χ2v) is 6.45. The van der Waals surface area contributed by atoms with E-state index in [0.717, 1.165) is 4.47 Å². The number of benzene rings is 1. The van der Waals surface area contributed by atoms with Crippen LogP contribution in [0.2, 0.25) is 0 Å². The summed E-state index contributed by atoms with van der Waals surface area (Å²) in [7, 11) is 0.